The Labute approximate surface area is 125 Å². The molecule has 0 heterocycles. The first kappa shape index (κ1) is 18.0. The fourth-order valence-electron chi connectivity index (χ4n) is 1.52. The predicted octanol–water partition coefficient (Wildman–Crippen LogP) is -2.46. The standard InChI is InChI=1S/C13H18N2O7/c16-6-10(19)12(21)11(20)9(18)5-14-15-13(22)7-3-1-2-4-8(7)17/h1-5,9-12,16-21H,6H2,(H,15,22)/t9-,10+,11+,12+/m0/s1. The van der Waals surface area contributed by atoms with Crippen molar-refractivity contribution in [1.82, 2.24) is 5.43 Å². The Kier molecular flexibility index (Phi) is 6.89. The average Bonchev–Trinajstić information content (AvgIpc) is 2.52. The Balaban J connectivity index is 2.58. The number of aliphatic hydroxyl groups excluding tert-OH is 5. The lowest BCUT2D eigenvalue weighted by molar-refractivity contribution is -0.0999. The highest BCUT2D eigenvalue weighted by Crippen LogP contribution is 2.14. The van der Waals surface area contributed by atoms with E-state index in [9.17, 15) is 25.2 Å². The van der Waals surface area contributed by atoms with E-state index in [-0.39, 0.29) is 11.3 Å². The largest absolute Gasteiger partial charge is 0.507 e. The van der Waals surface area contributed by atoms with Gasteiger partial charge in [-0.25, -0.2) is 5.43 Å². The van der Waals surface area contributed by atoms with Crippen LogP contribution in [0.15, 0.2) is 29.4 Å². The van der Waals surface area contributed by atoms with Crippen LogP contribution in [0.4, 0.5) is 0 Å². The molecule has 0 unspecified atom stereocenters. The van der Waals surface area contributed by atoms with E-state index in [0.717, 1.165) is 6.21 Å². The van der Waals surface area contributed by atoms with Gasteiger partial charge in [0.2, 0.25) is 0 Å². The summed E-state index contributed by atoms with van der Waals surface area (Å²) < 4.78 is 0. The van der Waals surface area contributed by atoms with Crippen LogP contribution in [0.1, 0.15) is 10.4 Å². The van der Waals surface area contributed by atoms with Crippen LogP contribution < -0.4 is 5.43 Å². The highest BCUT2D eigenvalue weighted by atomic mass is 16.4. The fraction of sp³-hybridized carbons (Fsp3) is 0.385. The number of amides is 1. The summed E-state index contributed by atoms with van der Waals surface area (Å²) in [5.41, 5.74) is 1.98. The van der Waals surface area contributed by atoms with Crippen LogP contribution in [0.25, 0.3) is 0 Å². The summed E-state index contributed by atoms with van der Waals surface area (Å²) in [6.07, 6.45) is -6.20. The predicted molar refractivity (Wildman–Crippen MR) is 75.2 cm³/mol. The monoisotopic (exact) mass is 314 g/mol. The molecule has 0 bridgehead atoms. The molecule has 0 saturated heterocycles. The molecule has 1 aromatic carbocycles. The van der Waals surface area contributed by atoms with E-state index in [2.05, 4.69) is 5.10 Å². The summed E-state index contributed by atoms with van der Waals surface area (Å²) in [6.45, 7) is -0.799. The molecule has 0 saturated carbocycles. The van der Waals surface area contributed by atoms with E-state index in [0.29, 0.717) is 0 Å². The first-order valence-electron chi connectivity index (χ1n) is 6.33. The molecule has 4 atom stereocenters. The number of phenolic OH excluding ortho intramolecular Hbond substituents is 1. The minimum atomic E-state index is -1.81. The maximum atomic E-state index is 11.7. The molecule has 0 aromatic heterocycles. The maximum absolute atomic E-state index is 11.7. The molecule has 0 aliphatic carbocycles. The SMILES string of the molecule is O=C(NN=C[C@H](O)[C@@H](O)[C@H](O)[C@H](O)CO)c1ccccc1O. The van der Waals surface area contributed by atoms with Crippen molar-refractivity contribution < 1.29 is 35.4 Å². The molecular weight excluding hydrogens is 296 g/mol. The number of phenols is 1. The van der Waals surface area contributed by atoms with Crippen molar-refractivity contribution in [3.05, 3.63) is 29.8 Å². The normalized spacial score (nSPS) is 17.0. The van der Waals surface area contributed by atoms with Crippen molar-refractivity contribution in [1.29, 1.82) is 0 Å². The fourth-order valence-corrected chi connectivity index (χ4v) is 1.52. The Bertz CT molecular complexity index is 523. The third-order valence-corrected chi connectivity index (χ3v) is 2.82. The third kappa shape index (κ3) is 4.76. The molecule has 9 nitrogen and oxygen atoms in total. The van der Waals surface area contributed by atoms with Gasteiger partial charge in [0.1, 0.15) is 30.2 Å². The molecule has 1 amide bonds. The summed E-state index contributed by atoms with van der Waals surface area (Å²) in [7, 11) is 0. The molecule has 0 aliphatic heterocycles. The van der Waals surface area contributed by atoms with Crippen molar-refractivity contribution in [3.63, 3.8) is 0 Å². The van der Waals surface area contributed by atoms with Gasteiger partial charge in [0.05, 0.1) is 18.4 Å². The molecule has 0 fully saturated rings. The number of aromatic hydroxyl groups is 1. The zero-order chi connectivity index (χ0) is 16.7. The topological polar surface area (TPSA) is 163 Å². The number of nitrogens with one attached hydrogen (secondary N) is 1. The molecule has 22 heavy (non-hydrogen) atoms. The Morgan fingerprint density at radius 2 is 1.82 bits per heavy atom. The molecule has 9 heteroatoms. The van der Waals surface area contributed by atoms with Gasteiger partial charge in [-0.3, -0.25) is 4.79 Å². The van der Waals surface area contributed by atoms with Gasteiger partial charge in [-0.05, 0) is 12.1 Å². The summed E-state index contributed by atoms with van der Waals surface area (Å²) in [6, 6.07) is 5.73. The number of hydrogen-bond donors (Lipinski definition) is 7. The first-order chi connectivity index (χ1) is 10.4. The van der Waals surface area contributed by atoms with Crippen LogP contribution in [-0.4, -0.2) is 73.8 Å². The van der Waals surface area contributed by atoms with E-state index in [1.807, 2.05) is 5.43 Å². The number of carbonyl (C=O) groups excluding carboxylic acids is 1. The van der Waals surface area contributed by atoms with E-state index < -0.39 is 36.9 Å². The van der Waals surface area contributed by atoms with Gasteiger partial charge in [0.15, 0.2) is 0 Å². The number of aliphatic hydroxyl groups is 5. The minimum Gasteiger partial charge on any atom is -0.507 e. The van der Waals surface area contributed by atoms with E-state index in [1.54, 1.807) is 0 Å². The van der Waals surface area contributed by atoms with E-state index in [1.165, 1.54) is 24.3 Å². The zero-order valence-electron chi connectivity index (χ0n) is 11.4. The molecule has 0 aliphatic rings. The molecule has 7 N–H and O–H groups in total. The van der Waals surface area contributed by atoms with Gasteiger partial charge in [-0.1, -0.05) is 12.1 Å². The van der Waals surface area contributed by atoms with Crippen LogP contribution in [-0.2, 0) is 0 Å². The first-order valence-corrected chi connectivity index (χ1v) is 6.33. The van der Waals surface area contributed by atoms with Crippen molar-refractivity contribution in [2.24, 2.45) is 5.10 Å². The van der Waals surface area contributed by atoms with Crippen LogP contribution in [0, 0.1) is 0 Å². The Morgan fingerprint density at radius 3 is 2.41 bits per heavy atom. The van der Waals surface area contributed by atoms with Gasteiger partial charge in [0, 0.05) is 0 Å². The highest BCUT2D eigenvalue weighted by Gasteiger charge is 2.29. The second-order valence-electron chi connectivity index (χ2n) is 4.46. The van der Waals surface area contributed by atoms with Crippen molar-refractivity contribution >= 4 is 12.1 Å². The second kappa shape index (κ2) is 8.41. The van der Waals surface area contributed by atoms with Crippen molar-refractivity contribution in [2.75, 3.05) is 6.61 Å². The van der Waals surface area contributed by atoms with E-state index in [4.69, 9.17) is 10.2 Å². The average molecular weight is 314 g/mol. The molecule has 122 valence electrons. The molecule has 0 spiro atoms. The lowest BCUT2D eigenvalue weighted by Crippen LogP contribution is -2.46. The number of hydrogen-bond acceptors (Lipinski definition) is 8. The van der Waals surface area contributed by atoms with Gasteiger partial charge >= 0.3 is 0 Å². The van der Waals surface area contributed by atoms with Crippen LogP contribution >= 0.6 is 0 Å². The third-order valence-electron chi connectivity index (χ3n) is 2.82. The maximum Gasteiger partial charge on any atom is 0.275 e. The Hall–Kier alpha value is -2.04. The summed E-state index contributed by atoms with van der Waals surface area (Å²) in [4.78, 5) is 11.7. The smallest absolute Gasteiger partial charge is 0.275 e. The lowest BCUT2D eigenvalue weighted by atomic mass is 10.0. The molecular formula is C13H18N2O7. The number of rotatable bonds is 7. The van der Waals surface area contributed by atoms with Crippen LogP contribution in [0.5, 0.6) is 5.75 Å². The number of para-hydroxylation sites is 1. The number of nitrogens with zero attached hydrogens (tertiary/aromatic N) is 1. The zero-order valence-corrected chi connectivity index (χ0v) is 11.4. The van der Waals surface area contributed by atoms with Gasteiger partial charge in [-0.2, -0.15) is 5.10 Å². The van der Waals surface area contributed by atoms with Gasteiger partial charge in [0.25, 0.3) is 5.91 Å². The van der Waals surface area contributed by atoms with Crippen LogP contribution in [0.3, 0.4) is 0 Å². The van der Waals surface area contributed by atoms with Crippen molar-refractivity contribution in [2.45, 2.75) is 24.4 Å². The minimum absolute atomic E-state index is 0.0366. The highest BCUT2D eigenvalue weighted by molar-refractivity contribution is 5.96. The molecule has 0 radical (unpaired) electrons. The van der Waals surface area contributed by atoms with Crippen LogP contribution in [0.2, 0.25) is 0 Å². The molecule has 1 aromatic rings. The second-order valence-corrected chi connectivity index (χ2v) is 4.46. The summed E-state index contributed by atoms with van der Waals surface area (Å²) in [5, 5.41) is 59.0. The lowest BCUT2D eigenvalue weighted by Gasteiger charge is -2.23. The van der Waals surface area contributed by atoms with Crippen molar-refractivity contribution in [3.8, 4) is 5.75 Å². The van der Waals surface area contributed by atoms with E-state index >= 15 is 0 Å². The summed E-state index contributed by atoms with van der Waals surface area (Å²) >= 11 is 0. The number of benzene rings is 1. The van der Waals surface area contributed by atoms with Gasteiger partial charge in [-0.15, -0.1) is 0 Å². The number of carbonyl (C=O) groups is 1. The quantitative estimate of drug-likeness (QED) is 0.217. The summed E-state index contributed by atoms with van der Waals surface area (Å²) in [5.74, 6) is -0.996. The molecule has 1 rings (SSSR count). The van der Waals surface area contributed by atoms with Gasteiger partial charge < -0.3 is 30.6 Å². The Morgan fingerprint density at radius 1 is 1.18 bits per heavy atom. The number of hydrazone groups is 1.